The molecule has 0 aliphatic carbocycles. The fourth-order valence-electron chi connectivity index (χ4n) is 3.32. The monoisotopic (exact) mass is 379 g/mol. The van der Waals surface area contributed by atoms with Gasteiger partial charge in [-0.15, -0.1) is 5.10 Å². The van der Waals surface area contributed by atoms with Crippen LogP contribution in [0.5, 0.6) is 0 Å². The van der Waals surface area contributed by atoms with Gasteiger partial charge in [-0.3, -0.25) is 4.79 Å². The molecule has 2 aromatic carbocycles. The summed E-state index contributed by atoms with van der Waals surface area (Å²) in [5, 5.41) is 12.4. The van der Waals surface area contributed by atoms with Crippen LogP contribution in [0.1, 0.15) is 23.6 Å². The predicted octanol–water partition coefficient (Wildman–Crippen LogP) is 3.04. The lowest BCUT2D eigenvalue weighted by Gasteiger charge is -2.30. The Morgan fingerprint density at radius 2 is 1.96 bits per heavy atom. The maximum absolute atomic E-state index is 13.0. The Morgan fingerprint density at radius 3 is 2.78 bits per heavy atom. The van der Waals surface area contributed by atoms with Gasteiger partial charge in [0.05, 0.1) is 10.9 Å². The highest BCUT2D eigenvalue weighted by Gasteiger charge is 2.26. The molecule has 27 heavy (non-hydrogen) atoms. The summed E-state index contributed by atoms with van der Waals surface area (Å²) in [6.45, 7) is 5.37. The van der Waals surface area contributed by atoms with Crippen LogP contribution in [0.15, 0.2) is 53.7 Å². The maximum Gasteiger partial charge on any atom is 0.236 e. The average Bonchev–Trinajstić information content (AvgIpc) is 3.15. The number of amides is 1. The largest absolute Gasteiger partial charge is 0.337 e. The molecular weight excluding hydrogens is 358 g/mol. The molecule has 138 valence electrons. The van der Waals surface area contributed by atoms with E-state index >= 15 is 0 Å². The number of hydrogen-bond acceptors (Lipinski definition) is 5. The van der Waals surface area contributed by atoms with Gasteiger partial charge in [-0.1, -0.05) is 48.2 Å². The van der Waals surface area contributed by atoms with Crippen molar-refractivity contribution in [1.82, 2.24) is 25.1 Å². The van der Waals surface area contributed by atoms with Gasteiger partial charge in [-0.25, -0.2) is 0 Å². The van der Waals surface area contributed by atoms with Crippen molar-refractivity contribution in [2.75, 3.05) is 6.54 Å². The summed E-state index contributed by atoms with van der Waals surface area (Å²) < 4.78 is 1.69. The van der Waals surface area contributed by atoms with Gasteiger partial charge in [0.2, 0.25) is 11.1 Å². The number of aryl methyl sites for hydroxylation is 1. The fourth-order valence-corrected chi connectivity index (χ4v) is 4.22. The highest BCUT2D eigenvalue weighted by Crippen LogP contribution is 2.26. The molecule has 7 heteroatoms. The molecule has 1 aromatic heterocycles. The van der Waals surface area contributed by atoms with E-state index < -0.39 is 0 Å². The van der Waals surface area contributed by atoms with Gasteiger partial charge >= 0.3 is 0 Å². The molecule has 0 spiro atoms. The lowest BCUT2D eigenvalue weighted by atomic mass is 10.00. The van der Waals surface area contributed by atoms with E-state index in [1.165, 1.54) is 22.9 Å². The molecule has 0 bridgehead atoms. The molecule has 0 saturated heterocycles. The zero-order chi connectivity index (χ0) is 18.8. The van der Waals surface area contributed by atoms with E-state index in [0.29, 0.717) is 11.7 Å². The molecule has 2 heterocycles. The number of tetrazole rings is 1. The minimum atomic E-state index is -0.259. The summed E-state index contributed by atoms with van der Waals surface area (Å²) in [6, 6.07) is 16.3. The number of nitrogens with zero attached hydrogens (tertiary/aromatic N) is 5. The molecule has 1 atom stereocenters. The number of aromatic nitrogens is 4. The third kappa shape index (κ3) is 3.73. The summed E-state index contributed by atoms with van der Waals surface area (Å²) in [6.07, 6.45) is 0.903. The van der Waals surface area contributed by atoms with Crippen molar-refractivity contribution in [3.63, 3.8) is 0 Å². The molecule has 0 N–H and O–H groups in total. The molecule has 1 aliphatic rings. The molecule has 0 saturated carbocycles. The Bertz CT molecular complexity index is 970. The predicted molar refractivity (Wildman–Crippen MR) is 105 cm³/mol. The fraction of sp³-hybridized carbons (Fsp3) is 0.300. The number of carbonyl (C=O) groups excluding carboxylic acids is 1. The second-order valence-electron chi connectivity index (χ2n) is 6.75. The van der Waals surface area contributed by atoms with Crippen LogP contribution in [0.3, 0.4) is 0 Å². The van der Waals surface area contributed by atoms with Crippen LogP contribution in [-0.2, 0) is 17.8 Å². The zero-order valence-electron chi connectivity index (χ0n) is 15.4. The first-order valence-corrected chi connectivity index (χ1v) is 9.87. The van der Waals surface area contributed by atoms with Gasteiger partial charge in [-0.2, -0.15) is 4.68 Å². The number of thioether (sulfide) groups is 1. The molecule has 3 aromatic rings. The van der Waals surface area contributed by atoms with Gasteiger partial charge in [0.1, 0.15) is 0 Å². The standard InChI is InChI=1S/C20H21N5OS/c1-14-6-5-9-18(12-14)25-20(21-22-23-25)27-15(2)19(26)24-11-10-16-7-3-4-8-17(16)13-24/h3-9,12,15H,10-11,13H2,1-2H3. The second kappa shape index (κ2) is 7.52. The molecule has 0 radical (unpaired) electrons. The Balaban J connectivity index is 1.48. The van der Waals surface area contributed by atoms with Gasteiger partial charge in [-0.05, 0) is 59.5 Å². The smallest absolute Gasteiger partial charge is 0.236 e. The average molecular weight is 379 g/mol. The van der Waals surface area contributed by atoms with Crippen LogP contribution in [0.2, 0.25) is 0 Å². The van der Waals surface area contributed by atoms with Crippen LogP contribution in [-0.4, -0.2) is 42.8 Å². The number of hydrogen-bond donors (Lipinski definition) is 0. The summed E-state index contributed by atoms with van der Waals surface area (Å²) in [7, 11) is 0. The molecule has 1 aliphatic heterocycles. The van der Waals surface area contributed by atoms with Crippen molar-refractivity contribution in [1.29, 1.82) is 0 Å². The van der Waals surface area contributed by atoms with Gasteiger partial charge < -0.3 is 4.90 Å². The summed E-state index contributed by atoms with van der Waals surface area (Å²) in [5.74, 6) is 0.119. The van der Waals surface area contributed by atoms with E-state index in [2.05, 4.69) is 33.7 Å². The molecular formula is C20H21N5OS. The summed E-state index contributed by atoms with van der Waals surface area (Å²) in [4.78, 5) is 14.9. The first-order valence-electron chi connectivity index (χ1n) is 8.99. The molecule has 4 rings (SSSR count). The Labute approximate surface area is 162 Å². The number of rotatable bonds is 4. The quantitative estimate of drug-likeness (QED) is 0.652. The topological polar surface area (TPSA) is 63.9 Å². The van der Waals surface area contributed by atoms with Crippen molar-refractivity contribution in [2.45, 2.75) is 37.2 Å². The molecule has 1 unspecified atom stereocenters. The second-order valence-corrected chi connectivity index (χ2v) is 8.06. The highest BCUT2D eigenvalue weighted by molar-refractivity contribution is 8.00. The Morgan fingerprint density at radius 1 is 1.15 bits per heavy atom. The first kappa shape index (κ1) is 17.7. The molecule has 0 fully saturated rings. The lowest BCUT2D eigenvalue weighted by molar-refractivity contribution is -0.131. The highest BCUT2D eigenvalue weighted by atomic mass is 32.2. The Hall–Kier alpha value is -2.67. The van der Waals surface area contributed by atoms with E-state index in [4.69, 9.17) is 0 Å². The van der Waals surface area contributed by atoms with Crippen LogP contribution >= 0.6 is 11.8 Å². The summed E-state index contributed by atoms with van der Waals surface area (Å²) >= 11 is 1.40. The van der Waals surface area contributed by atoms with E-state index in [-0.39, 0.29) is 11.2 Å². The van der Waals surface area contributed by atoms with Crippen molar-refractivity contribution in [3.8, 4) is 5.69 Å². The maximum atomic E-state index is 13.0. The Kier molecular flexibility index (Phi) is 4.94. The minimum Gasteiger partial charge on any atom is -0.337 e. The SMILES string of the molecule is Cc1cccc(-n2nnnc2SC(C)C(=O)N2CCc3ccccc3C2)c1. The van der Waals surface area contributed by atoms with E-state index in [1.54, 1.807) is 4.68 Å². The minimum absolute atomic E-state index is 0.119. The number of carbonyl (C=O) groups is 1. The van der Waals surface area contributed by atoms with Crippen molar-refractivity contribution >= 4 is 17.7 Å². The lowest BCUT2D eigenvalue weighted by Crippen LogP contribution is -2.40. The van der Waals surface area contributed by atoms with Crippen LogP contribution in [0.25, 0.3) is 5.69 Å². The number of benzene rings is 2. The third-order valence-corrected chi connectivity index (χ3v) is 5.78. The van der Waals surface area contributed by atoms with Crippen molar-refractivity contribution < 1.29 is 4.79 Å². The van der Waals surface area contributed by atoms with Gasteiger partial charge in [0.25, 0.3) is 0 Å². The van der Waals surface area contributed by atoms with Crippen molar-refractivity contribution in [3.05, 3.63) is 65.2 Å². The van der Waals surface area contributed by atoms with E-state index in [1.807, 2.05) is 49.1 Å². The first-order chi connectivity index (χ1) is 13.1. The van der Waals surface area contributed by atoms with Crippen LogP contribution < -0.4 is 0 Å². The summed E-state index contributed by atoms with van der Waals surface area (Å²) in [5.41, 5.74) is 4.60. The van der Waals surface area contributed by atoms with E-state index in [9.17, 15) is 4.79 Å². The zero-order valence-corrected chi connectivity index (χ0v) is 16.2. The van der Waals surface area contributed by atoms with Gasteiger partial charge in [0, 0.05) is 13.1 Å². The van der Waals surface area contributed by atoms with Crippen LogP contribution in [0, 0.1) is 6.92 Å². The van der Waals surface area contributed by atoms with E-state index in [0.717, 1.165) is 24.2 Å². The molecule has 1 amide bonds. The van der Waals surface area contributed by atoms with Crippen LogP contribution in [0.4, 0.5) is 0 Å². The number of fused-ring (bicyclic) bond motifs is 1. The normalized spacial score (nSPS) is 14.7. The molecule has 6 nitrogen and oxygen atoms in total. The van der Waals surface area contributed by atoms with Gasteiger partial charge in [0.15, 0.2) is 0 Å². The van der Waals surface area contributed by atoms with Crippen molar-refractivity contribution in [2.24, 2.45) is 0 Å². The third-order valence-electron chi connectivity index (χ3n) is 4.76.